The molecule has 3 rings (SSSR count). The molecule has 0 bridgehead atoms. The molecule has 1 aromatic heterocycles. The minimum Gasteiger partial charge on any atom is -0.480 e. The lowest BCUT2D eigenvalue weighted by molar-refractivity contribution is -0.143. The first kappa shape index (κ1) is 14.2. The van der Waals surface area contributed by atoms with E-state index in [0.29, 0.717) is 0 Å². The minimum absolute atomic E-state index is 0.195. The van der Waals surface area contributed by atoms with Crippen LogP contribution in [0.4, 0.5) is 4.79 Å². The van der Waals surface area contributed by atoms with E-state index in [1.54, 1.807) is 18.3 Å². The molecule has 1 aromatic rings. The van der Waals surface area contributed by atoms with E-state index in [4.69, 9.17) is 0 Å². The van der Waals surface area contributed by atoms with Crippen LogP contribution in [-0.4, -0.2) is 67.5 Å². The van der Waals surface area contributed by atoms with Gasteiger partial charge in [0.1, 0.15) is 6.04 Å². The van der Waals surface area contributed by atoms with Gasteiger partial charge >= 0.3 is 12.0 Å². The molecule has 2 aliphatic heterocycles. The number of aliphatic carboxylic acids is 1. The second kappa shape index (κ2) is 5.59. The van der Waals surface area contributed by atoms with Gasteiger partial charge in [-0.2, -0.15) is 11.8 Å². The quantitative estimate of drug-likeness (QED) is 0.842. The van der Waals surface area contributed by atoms with Crippen LogP contribution >= 0.6 is 11.8 Å². The van der Waals surface area contributed by atoms with Gasteiger partial charge in [0, 0.05) is 25.3 Å². The number of carboxylic acids is 1. The highest BCUT2D eigenvalue weighted by molar-refractivity contribution is 7.99. The average Bonchev–Trinajstić information content (AvgIpc) is 3.14. The molecule has 114 valence electrons. The van der Waals surface area contributed by atoms with Crippen molar-refractivity contribution in [3.05, 3.63) is 17.7 Å². The van der Waals surface area contributed by atoms with Gasteiger partial charge in [0.15, 0.2) is 0 Å². The van der Waals surface area contributed by atoms with Crippen molar-refractivity contribution in [1.82, 2.24) is 19.8 Å². The van der Waals surface area contributed by atoms with E-state index in [-0.39, 0.29) is 25.0 Å². The van der Waals surface area contributed by atoms with E-state index in [9.17, 15) is 14.7 Å². The summed E-state index contributed by atoms with van der Waals surface area (Å²) in [7, 11) is 1.76. The van der Waals surface area contributed by atoms with Crippen molar-refractivity contribution in [3.63, 3.8) is 0 Å². The fourth-order valence-electron chi connectivity index (χ4n) is 2.84. The van der Waals surface area contributed by atoms with Crippen molar-refractivity contribution in [2.75, 3.05) is 18.6 Å². The van der Waals surface area contributed by atoms with Crippen LogP contribution in [0.3, 0.4) is 0 Å². The molecule has 0 saturated carbocycles. The summed E-state index contributed by atoms with van der Waals surface area (Å²) in [6, 6.07) is -0.861. The van der Waals surface area contributed by atoms with Crippen LogP contribution in [0.5, 0.6) is 0 Å². The topological polar surface area (TPSA) is 89.5 Å². The Morgan fingerprint density at radius 2 is 2.38 bits per heavy atom. The van der Waals surface area contributed by atoms with Crippen LogP contribution in [0.15, 0.2) is 6.33 Å². The Bertz CT molecular complexity index is 555. The number of nitrogens with zero attached hydrogens (tertiary/aromatic N) is 3. The summed E-state index contributed by atoms with van der Waals surface area (Å²) in [6.07, 6.45) is 2.77. The van der Waals surface area contributed by atoms with Gasteiger partial charge in [-0.15, -0.1) is 0 Å². The first-order valence-electron chi connectivity index (χ1n) is 6.93. The van der Waals surface area contributed by atoms with Crippen molar-refractivity contribution in [2.45, 2.75) is 31.5 Å². The molecule has 1 saturated heterocycles. The van der Waals surface area contributed by atoms with Crippen LogP contribution in [0.25, 0.3) is 0 Å². The Kier molecular flexibility index (Phi) is 3.79. The third-order valence-electron chi connectivity index (χ3n) is 4.18. The molecule has 1 fully saturated rings. The Morgan fingerprint density at radius 1 is 1.57 bits per heavy atom. The van der Waals surface area contributed by atoms with Crippen LogP contribution in [0.2, 0.25) is 0 Å². The molecule has 8 heteroatoms. The first-order chi connectivity index (χ1) is 10.1. The summed E-state index contributed by atoms with van der Waals surface area (Å²) in [5, 5.41) is 9.41. The van der Waals surface area contributed by atoms with Gasteiger partial charge < -0.3 is 19.9 Å². The van der Waals surface area contributed by atoms with Gasteiger partial charge in [-0.25, -0.2) is 14.6 Å². The number of carbonyl (C=O) groups is 2. The molecule has 3 heterocycles. The third-order valence-corrected chi connectivity index (χ3v) is 5.33. The molecule has 2 aliphatic rings. The monoisotopic (exact) mass is 310 g/mol. The van der Waals surface area contributed by atoms with Crippen LogP contribution in [0, 0.1) is 0 Å². The maximum Gasteiger partial charge on any atom is 0.326 e. The molecule has 2 amide bonds. The summed E-state index contributed by atoms with van der Waals surface area (Å²) in [5.41, 5.74) is 1.57. The van der Waals surface area contributed by atoms with Crippen molar-refractivity contribution in [2.24, 2.45) is 0 Å². The predicted molar refractivity (Wildman–Crippen MR) is 78.1 cm³/mol. The van der Waals surface area contributed by atoms with Gasteiger partial charge in [0.2, 0.25) is 0 Å². The zero-order valence-corrected chi connectivity index (χ0v) is 12.6. The van der Waals surface area contributed by atoms with Gasteiger partial charge in [0.05, 0.1) is 24.3 Å². The SMILES string of the molecule is CN(C(=O)N1Cc2[nH]cnc2CC1C(=O)O)C1CCSC1. The molecule has 0 radical (unpaired) electrons. The Hall–Kier alpha value is -1.70. The highest BCUT2D eigenvalue weighted by Gasteiger charge is 2.38. The summed E-state index contributed by atoms with van der Waals surface area (Å²) in [6.45, 7) is 0.273. The maximum atomic E-state index is 12.7. The average molecular weight is 310 g/mol. The Labute approximate surface area is 126 Å². The second-order valence-electron chi connectivity index (χ2n) is 5.42. The molecule has 7 nitrogen and oxygen atoms in total. The lowest BCUT2D eigenvalue weighted by Crippen LogP contribution is -2.54. The number of H-pyrrole nitrogens is 1. The molecule has 2 N–H and O–H groups in total. The minimum atomic E-state index is -0.980. The largest absolute Gasteiger partial charge is 0.480 e. The zero-order chi connectivity index (χ0) is 15.0. The number of imidazole rings is 1. The Balaban J connectivity index is 1.81. The number of nitrogens with one attached hydrogen (secondary N) is 1. The number of aromatic amines is 1. The van der Waals surface area contributed by atoms with Crippen LogP contribution in [0.1, 0.15) is 17.8 Å². The van der Waals surface area contributed by atoms with Crippen molar-refractivity contribution >= 4 is 23.8 Å². The van der Waals surface area contributed by atoms with E-state index >= 15 is 0 Å². The normalized spacial score (nSPS) is 24.7. The Morgan fingerprint density at radius 3 is 3.05 bits per heavy atom. The molecule has 21 heavy (non-hydrogen) atoms. The number of carboxylic acid groups (broad SMARTS) is 1. The van der Waals surface area contributed by atoms with Gasteiger partial charge in [-0.05, 0) is 12.2 Å². The number of thioether (sulfide) groups is 1. The maximum absolute atomic E-state index is 12.7. The standard InChI is InChI=1S/C13H18N4O3S/c1-16(8-2-3-21-6-8)13(20)17-5-10-9(14-7-15-10)4-11(17)12(18)19/h7-8,11H,2-6H2,1H3,(H,14,15)(H,18,19). The van der Waals surface area contributed by atoms with Crippen molar-refractivity contribution in [3.8, 4) is 0 Å². The van der Waals surface area contributed by atoms with Gasteiger partial charge in [-0.3, -0.25) is 0 Å². The number of hydrogen-bond donors (Lipinski definition) is 2. The van der Waals surface area contributed by atoms with Crippen molar-refractivity contribution < 1.29 is 14.7 Å². The van der Waals surface area contributed by atoms with Gasteiger partial charge in [0.25, 0.3) is 0 Å². The zero-order valence-electron chi connectivity index (χ0n) is 11.8. The molecule has 0 aliphatic carbocycles. The third kappa shape index (κ3) is 2.59. The molecule has 2 unspecified atom stereocenters. The summed E-state index contributed by atoms with van der Waals surface area (Å²) in [4.78, 5) is 34.4. The molecule has 2 atom stereocenters. The van der Waals surface area contributed by atoms with E-state index < -0.39 is 12.0 Å². The smallest absolute Gasteiger partial charge is 0.326 e. The summed E-state index contributed by atoms with van der Waals surface area (Å²) in [5.74, 6) is 0.990. The second-order valence-corrected chi connectivity index (χ2v) is 6.57. The lowest BCUT2D eigenvalue weighted by Gasteiger charge is -2.37. The van der Waals surface area contributed by atoms with E-state index in [1.165, 1.54) is 4.90 Å². The number of urea groups is 1. The molecule has 0 spiro atoms. The van der Waals surface area contributed by atoms with Crippen molar-refractivity contribution in [1.29, 1.82) is 0 Å². The number of fused-ring (bicyclic) bond motifs is 1. The number of amides is 2. The predicted octanol–water partition coefficient (Wildman–Crippen LogP) is 0.778. The summed E-state index contributed by atoms with van der Waals surface area (Å²) >= 11 is 1.83. The summed E-state index contributed by atoms with van der Waals surface area (Å²) < 4.78 is 0. The van der Waals surface area contributed by atoms with E-state index in [0.717, 1.165) is 29.3 Å². The molecular weight excluding hydrogens is 292 g/mol. The number of hydrogen-bond acceptors (Lipinski definition) is 4. The lowest BCUT2D eigenvalue weighted by atomic mass is 10.0. The van der Waals surface area contributed by atoms with Crippen LogP contribution in [-0.2, 0) is 17.8 Å². The van der Waals surface area contributed by atoms with Crippen LogP contribution < -0.4 is 0 Å². The highest BCUT2D eigenvalue weighted by atomic mass is 32.2. The van der Waals surface area contributed by atoms with E-state index in [2.05, 4.69) is 9.97 Å². The first-order valence-corrected chi connectivity index (χ1v) is 8.08. The molecule has 0 aromatic carbocycles. The highest BCUT2D eigenvalue weighted by Crippen LogP contribution is 2.26. The molecular formula is C13H18N4O3S. The number of aromatic nitrogens is 2. The van der Waals surface area contributed by atoms with E-state index in [1.807, 2.05) is 11.8 Å². The fraction of sp³-hybridized carbons (Fsp3) is 0.615. The fourth-order valence-corrected chi connectivity index (χ4v) is 4.11. The number of rotatable bonds is 2. The van der Waals surface area contributed by atoms with Gasteiger partial charge in [-0.1, -0.05) is 0 Å². The number of carbonyl (C=O) groups excluding carboxylic acids is 1.